The minimum Gasteiger partial charge on any atom is -0.386 e. The Hall–Kier alpha value is -3.75. The quantitative estimate of drug-likeness (QED) is 0.214. The van der Waals surface area contributed by atoms with Crippen LogP contribution in [0.1, 0.15) is 18.9 Å². The summed E-state index contributed by atoms with van der Waals surface area (Å²) in [7, 11) is -4.10. The van der Waals surface area contributed by atoms with Crippen LogP contribution < -0.4 is 13.6 Å². The van der Waals surface area contributed by atoms with Crippen LogP contribution in [0.3, 0.4) is 0 Å². The average Bonchev–Trinajstić information content (AvgIpc) is 2.85. The third-order valence-corrected chi connectivity index (χ3v) is 6.87. The van der Waals surface area contributed by atoms with Gasteiger partial charge in [-0.15, -0.1) is 0 Å². The zero-order valence-corrected chi connectivity index (χ0v) is 19.8. The van der Waals surface area contributed by atoms with Crippen molar-refractivity contribution in [3.05, 3.63) is 115 Å². The maximum atomic E-state index is 14.0. The maximum absolute atomic E-state index is 14.0. The van der Waals surface area contributed by atoms with Crippen molar-refractivity contribution in [2.24, 2.45) is 0 Å². The van der Waals surface area contributed by atoms with Gasteiger partial charge in [-0.05, 0) is 58.5 Å². The van der Waals surface area contributed by atoms with Gasteiger partial charge in [-0.3, -0.25) is 0 Å². The number of aryl methyl sites for hydroxylation is 1. The third-order valence-electron chi connectivity index (χ3n) is 5.58. The molecule has 0 saturated heterocycles. The molecule has 0 fully saturated rings. The zero-order valence-electron chi connectivity index (χ0n) is 18.9. The Morgan fingerprint density at radius 2 is 1.26 bits per heavy atom. The summed E-state index contributed by atoms with van der Waals surface area (Å²) in [5.74, 6) is 1.26. The van der Waals surface area contributed by atoms with E-state index in [9.17, 15) is 4.57 Å². The summed E-state index contributed by atoms with van der Waals surface area (Å²) >= 11 is 0. The molecule has 0 amide bonds. The molecule has 0 aliphatic carbocycles. The molecule has 5 aromatic rings. The van der Waals surface area contributed by atoms with Crippen molar-refractivity contribution in [2.45, 2.75) is 19.8 Å². The third kappa shape index (κ3) is 4.93. The van der Waals surface area contributed by atoms with Crippen LogP contribution in [0.25, 0.3) is 21.5 Å². The van der Waals surface area contributed by atoms with Crippen LogP contribution in [0.4, 0.5) is 0 Å². The van der Waals surface area contributed by atoms with E-state index >= 15 is 0 Å². The largest absolute Gasteiger partial charge is 0.647 e. The van der Waals surface area contributed by atoms with Crippen LogP contribution in [0.5, 0.6) is 17.2 Å². The van der Waals surface area contributed by atoms with Gasteiger partial charge in [0.2, 0.25) is 0 Å². The van der Waals surface area contributed by atoms with Gasteiger partial charge < -0.3 is 13.6 Å². The van der Waals surface area contributed by atoms with Gasteiger partial charge in [0.05, 0.1) is 0 Å². The number of benzene rings is 5. The van der Waals surface area contributed by atoms with Crippen molar-refractivity contribution in [1.29, 1.82) is 0 Å². The van der Waals surface area contributed by atoms with Gasteiger partial charge in [-0.1, -0.05) is 92.2 Å². The van der Waals surface area contributed by atoms with Crippen LogP contribution in [0.2, 0.25) is 0 Å². The summed E-state index contributed by atoms with van der Waals surface area (Å²) in [5.41, 5.74) is 1.19. The lowest BCUT2D eigenvalue weighted by molar-refractivity contribution is 0.299. The highest BCUT2D eigenvalue weighted by molar-refractivity contribution is 7.49. The first kappa shape index (κ1) is 22.1. The van der Waals surface area contributed by atoms with Gasteiger partial charge in [-0.2, -0.15) is 4.57 Å². The Labute approximate surface area is 199 Å². The van der Waals surface area contributed by atoms with E-state index in [1.807, 2.05) is 84.9 Å². The fourth-order valence-electron chi connectivity index (χ4n) is 3.94. The molecule has 1 unspecified atom stereocenters. The van der Waals surface area contributed by atoms with Crippen molar-refractivity contribution >= 4 is 29.4 Å². The van der Waals surface area contributed by atoms with Crippen LogP contribution in [-0.2, 0) is 11.0 Å². The standard InChI is InChI=1S/C29H25O4P/c1-2-8-22-15-18-26(19-16-22)31-34(30,32-27-20-17-23-9-3-4-11-25(23)21-27)33-29-14-7-12-24-10-5-6-13-28(24)29/h3-7,9-21H,2,8H2,1H3. The van der Waals surface area contributed by atoms with Crippen molar-refractivity contribution < 1.29 is 18.1 Å². The summed E-state index contributed by atoms with van der Waals surface area (Å²) in [5, 5.41) is 3.84. The first-order valence-corrected chi connectivity index (χ1v) is 12.8. The summed E-state index contributed by atoms with van der Waals surface area (Å²) in [6, 6.07) is 34.4. The Bertz CT molecular complexity index is 1470. The number of phosphoric acid groups is 1. The first-order valence-electron chi connectivity index (χ1n) is 11.4. The average molecular weight is 468 g/mol. The van der Waals surface area contributed by atoms with E-state index in [0.717, 1.165) is 34.4 Å². The van der Waals surface area contributed by atoms with E-state index in [0.29, 0.717) is 17.2 Å². The van der Waals surface area contributed by atoms with Crippen molar-refractivity contribution in [3.8, 4) is 17.2 Å². The van der Waals surface area contributed by atoms with E-state index in [-0.39, 0.29) is 0 Å². The van der Waals surface area contributed by atoms with Crippen LogP contribution in [-0.4, -0.2) is 0 Å². The molecule has 0 heterocycles. The molecular weight excluding hydrogens is 443 g/mol. The maximum Gasteiger partial charge on any atom is 0.647 e. The van der Waals surface area contributed by atoms with E-state index < -0.39 is 7.82 Å². The highest BCUT2D eigenvalue weighted by Gasteiger charge is 2.34. The molecule has 0 bridgehead atoms. The van der Waals surface area contributed by atoms with Gasteiger partial charge in [0.1, 0.15) is 17.2 Å². The molecule has 5 rings (SSSR count). The van der Waals surface area contributed by atoms with E-state index in [4.69, 9.17) is 13.6 Å². The Kier molecular flexibility index (Phi) is 6.24. The highest BCUT2D eigenvalue weighted by Crippen LogP contribution is 2.51. The predicted octanol–water partition coefficient (Wildman–Crippen LogP) is 8.59. The number of rotatable bonds is 8. The van der Waals surface area contributed by atoms with Gasteiger partial charge in [-0.25, -0.2) is 0 Å². The van der Waals surface area contributed by atoms with Crippen molar-refractivity contribution in [3.63, 3.8) is 0 Å². The Morgan fingerprint density at radius 1 is 0.618 bits per heavy atom. The number of hydrogen-bond donors (Lipinski definition) is 0. The van der Waals surface area contributed by atoms with E-state index in [1.165, 1.54) is 5.56 Å². The summed E-state index contributed by atoms with van der Waals surface area (Å²) in [4.78, 5) is 0. The number of hydrogen-bond acceptors (Lipinski definition) is 4. The SMILES string of the molecule is CCCc1ccc(OP(=O)(Oc2ccc3ccccc3c2)Oc2cccc3ccccc23)cc1. The molecule has 170 valence electrons. The van der Waals surface area contributed by atoms with Crippen molar-refractivity contribution in [2.75, 3.05) is 0 Å². The molecule has 4 nitrogen and oxygen atoms in total. The van der Waals surface area contributed by atoms with E-state index in [2.05, 4.69) is 6.92 Å². The second-order valence-electron chi connectivity index (χ2n) is 8.10. The normalized spacial score (nSPS) is 12.9. The molecule has 0 radical (unpaired) electrons. The molecule has 0 aromatic heterocycles. The molecular formula is C29H25O4P. The summed E-state index contributed by atoms with van der Waals surface area (Å²) < 4.78 is 31.9. The van der Waals surface area contributed by atoms with Crippen LogP contribution >= 0.6 is 7.82 Å². The fourth-order valence-corrected chi connectivity index (χ4v) is 5.20. The van der Waals surface area contributed by atoms with Crippen LogP contribution in [0, 0.1) is 0 Å². The van der Waals surface area contributed by atoms with Gasteiger partial charge in [0.15, 0.2) is 0 Å². The molecule has 0 aliphatic rings. The molecule has 1 atom stereocenters. The topological polar surface area (TPSA) is 44.8 Å². The van der Waals surface area contributed by atoms with Gasteiger partial charge in [0.25, 0.3) is 0 Å². The molecule has 0 saturated carbocycles. The minimum atomic E-state index is -4.10. The number of phosphoric ester groups is 1. The second kappa shape index (κ2) is 9.62. The fraction of sp³-hybridized carbons (Fsp3) is 0.103. The minimum absolute atomic E-state index is 0.407. The second-order valence-corrected chi connectivity index (χ2v) is 9.54. The summed E-state index contributed by atoms with van der Waals surface area (Å²) in [6.45, 7) is 2.13. The molecule has 5 heteroatoms. The predicted molar refractivity (Wildman–Crippen MR) is 138 cm³/mol. The van der Waals surface area contributed by atoms with Crippen molar-refractivity contribution in [1.82, 2.24) is 0 Å². The monoisotopic (exact) mass is 468 g/mol. The Morgan fingerprint density at radius 3 is 2.06 bits per heavy atom. The lowest BCUT2D eigenvalue weighted by Gasteiger charge is -2.20. The Balaban J connectivity index is 1.51. The first-order chi connectivity index (χ1) is 16.6. The molecule has 0 N–H and O–H groups in total. The molecule has 34 heavy (non-hydrogen) atoms. The van der Waals surface area contributed by atoms with Crippen LogP contribution in [0.15, 0.2) is 109 Å². The van der Waals surface area contributed by atoms with Gasteiger partial charge >= 0.3 is 7.82 Å². The number of fused-ring (bicyclic) bond motifs is 2. The lowest BCUT2D eigenvalue weighted by Crippen LogP contribution is -2.08. The molecule has 5 aromatic carbocycles. The zero-order chi connectivity index (χ0) is 23.4. The van der Waals surface area contributed by atoms with Gasteiger partial charge in [0, 0.05) is 5.39 Å². The lowest BCUT2D eigenvalue weighted by atomic mass is 10.1. The molecule has 0 aliphatic heterocycles. The smallest absolute Gasteiger partial charge is 0.386 e. The summed E-state index contributed by atoms with van der Waals surface area (Å²) in [6.07, 6.45) is 2.02. The van der Waals surface area contributed by atoms with E-state index in [1.54, 1.807) is 24.3 Å². The highest BCUT2D eigenvalue weighted by atomic mass is 31.2. The molecule has 0 spiro atoms.